The van der Waals surface area contributed by atoms with Gasteiger partial charge in [-0.2, -0.15) is 87.5 Å². The predicted octanol–water partition coefficient (Wildman–Crippen LogP) is 3.64. The summed E-state index contributed by atoms with van der Waals surface area (Å²) in [6.45, 7) is 0. The van der Waals surface area contributed by atoms with E-state index in [-0.39, 0.29) is 46.3 Å². The average Bonchev–Trinajstić information content (AvgIpc) is 2.59. The van der Waals surface area contributed by atoms with E-state index in [1.165, 1.54) is 12.1 Å². The largest absolute Gasteiger partial charge is 2.00 e. The van der Waals surface area contributed by atoms with Gasteiger partial charge >= 0.3 is 25.0 Å². The number of rotatable bonds is 1. The second kappa shape index (κ2) is 15.7. The Hall–Kier alpha value is -0.781. The van der Waals surface area contributed by atoms with E-state index in [1.54, 1.807) is 18.2 Å². The van der Waals surface area contributed by atoms with E-state index in [0.717, 1.165) is 0 Å². The Labute approximate surface area is 171 Å². The Morgan fingerprint density at radius 2 is 0.917 bits per heavy atom. The van der Waals surface area contributed by atoms with Crippen molar-refractivity contribution in [2.24, 2.45) is 0 Å². The van der Waals surface area contributed by atoms with Crippen LogP contribution in [0.3, 0.4) is 0 Å². The molecule has 3 nitrogen and oxygen atoms in total. The first-order valence-electron chi connectivity index (χ1n) is 6.56. The third-order valence-corrected chi connectivity index (χ3v) is 3.31. The summed E-state index contributed by atoms with van der Waals surface area (Å²) in [4.78, 5) is 26.1. The van der Waals surface area contributed by atoms with Gasteiger partial charge in [-0.15, -0.1) is 24.0 Å². The van der Waals surface area contributed by atoms with Crippen LogP contribution in [-0.4, -0.2) is 14.7 Å². The first-order chi connectivity index (χ1) is 10.6. The first kappa shape index (κ1) is 25.5. The summed E-state index contributed by atoms with van der Waals surface area (Å²) in [5.74, 6) is 0. The molecule has 1 radical (unpaired) electrons. The van der Waals surface area contributed by atoms with Gasteiger partial charge in [0, 0.05) is 0 Å². The summed E-state index contributed by atoms with van der Waals surface area (Å²) >= 11 is 0. The Bertz CT molecular complexity index is 508. The Kier molecular flexibility index (Phi) is 16.7. The zero-order valence-corrected chi connectivity index (χ0v) is 16.8. The van der Waals surface area contributed by atoms with Crippen molar-refractivity contribution in [3.05, 3.63) is 103 Å². The normalized spacial score (nSPS) is 8.79. The van der Waals surface area contributed by atoms with Gasteiger partial charge in [0.25, 0.3) is 0 Å². The number of benzene rings is 3. The van der Waals surface area contributed by atoms with Crippen LogP contribution in [0.2, 0.25) is 0 Å². The molecule has 0 spiro atoms. The minimum absolute atomic E-state index is 0. The smallest absolute Gasteiger partial charge is 0.189 e. The molecule has 0 aromatic heterocycles. The molecule has 0 heterocycles. The quantitative estimate of drug-likeness (QED) is 0.205. The molecule has 0 unspecified atom stereocenters. The molecule has 3 rings (SSSR count). The van der Waals surface area contributed by atoms with Crippen molar-refractivity contribution in [2.45, 2.75) is 0 Å². The number of halogens is 1. The molecule has 3 aromatic carbocycles. The molecule has 0 aliphatic heterocycles. The fourth-order valence-electron chi connectivity index (χ4n) is 1.31. The number of hydrogen-bond acceptors (Lipinski definition) is 3. The van der Waals surface area contributed by atoms with Crippen molar-refractivity contribution in [2.75, 3.05) is 0 Å². The van der Waals surface area contributed by atoms with Crippen LogP contribution < -0.4 is 5.30 Å². The molecule has 0 atom stereocenters. The fourth-order valence-corrected chi connectivity index (χ4v) is 1.88. The molecule has 0 aliphatic rings. The van der Waals surface area contributed by atoms with E-state index in [9.17, 15) is 0 Å². The van der Waals surface area contributed by atoms with Gasteiger partial charge in [-0.1, -0.05) is 18.2 Å². The van der Waals surface area contributed by atoms with Gasteiger partial charge < -0.3 is 0 Å². The van der Waals surface area contributed by atoms with Crippen LogP contribution in [-0.2, 0) is 17.1 Å². The van der Waals surface area contributed by atoms with Crippen LogP contribution >= 0.6 is 31.9 Å². The molecule has 0 amide bonds. The van der Waals surface area contributed by atoms with Gasteiger partial charge in [0.05, 0.1) is 0 Å². The topological polar surface area (TPSA) is 60.7 Å². The molecule has 0 saturated heterocycles. The maximum atomic E-state index is 8.71. The minimum Gasteiger partial charge on any atom is -0.189 e. The molecule has 0 bridgehead atoms. The number of hydrogen-bond donors (Lipinski definition) is 3. The zero-order chi connectivity index (χ0) is 16.1. The van der Waals surface area contributed by atoms with Crippen molar-refractivity contribution in [1.82, 2.24) is 0 Å². The van der Waals surface area contributed by atoms with Gasteiger partial charge in [0.1, 0.15) is 0 Å². The standard InChI is InChI=1S/C6H8O3P.2C6H5.Cu.HI/c7-10(8,9)6-4-2-1-3-5-6;2*1-2-4-6-5-3-1;;/h1-5,7-9H;2*1-5H;;1H/q+1;2*-1;+2;. The summed E-state index contributed by atoms with van der Waals surface area (Å²) in [5, 5.41) is 0.176. The monoisotopic (exact) mass is 504 g/mol. The van der Waals surface area contributed by atoms with Gasteiger partial charge in [-0.3, -0.25) is 0 Å². The maximum Gasteiger partial charge on any atom is 2.00 e. The molecular formula is C18H19CuIO3P+. The predicted molar refractivity (Wildman–Crippen MR) is 106 cm³/mol. The van der Waals surface area contributed by atoms with Crippen molar-refractivity contribution in [3.8, 4) is 0 Å². The molecule has 0 saturated carbocycles. The molecule has 0 fully saturated rings. The third-order valence-electron chi connectivity index (χ3n) is 2.32. The van der Waals surface area contributed by atoms with E-state index < -0.39 is 7.94 Å². The summed E-state index contributed by atoms with van der Waals surface area (Å²) < 4.78 is 0. The molecule has 131 valence electrons. The molecule has 3 N–H and O–H groups in total. The summed E-state index contributed by atoms with van der Waals surface area (Å²) in [6, 6.07) is 32.9. The van der Waals surface area contributed by atoms with Crippen LogP contribution in [0.1, 0.15) is 0 Å². The molecule has 24 heavy (non-hydrogen) atoms. The van der Waals surface area contributed by atoms with E-state index in [1.807, 2.05) is 60.7 Å². The van der Waals surface area contributed by atoms with Crippen molar-refractivity contribution in [3.63, 3.8) is 0 Å². The molecule has 3 aromatic rings. The average molecular weight is 505 g/mol. The van der Waals surface area contributed by atoms with Gasteiger partial charge in [-0.25, -0.2) is 0 Å². The van der Waals surface area contributed by atoms with Crippen molar-refractivity contribution < 1.29 is 31.7 Å². The molecular weight excluding hydrogens is 486 g/mol. The van der Waals surface area contributed by atoms with Crippen LogP contribution in [0.25, 0.3) is 0 Å². The SMILES string of the molecule is I.O[P+](O)(O)c1ccccc1.[Cu+2].[c-]1ccccc1.[c-]1ccccc1. The molecule has 0 aliphatic carbocycles. The minimum atomic E-state index is -3.77. The summed E-state index contributed by atoms with van der Waals surface area (Å²) in [5.41, 5.74) is 0. The fraction of sp³-hybridized carbons (Fsp3) is 0. The van der Waals surface area contributed by atoms with Crippen molar-refractivity contribution in [1.29, 1.82) is 0 Å². The Morgan fingerprint density at radius 3 is 1.08 bits per heavy atom. The van der Waals surface area contributed by atoms with Crippen LogP contribution in [0, 0.1) is 12.1 Å². The second-order valence-corrected chi connectivity index (χ2v) is 5.71. The maximum absolute atomic E-state index is 8.71. The van der Waals surface area contributed by atoms with Gasteiger partial charge in [0.15, 0.2) is 5.30 Å². The summed E-state index contributed by atoms with van der Waals surface area (Å²) in [7, 11) is -3.77. The second-order valence-electron chi connectivity index (χ2n) is 4.06. The van der Waals surface area contributed by atoms with E-state index in [4.69, 9.17) is 14.7 Å². The van der Waals surface area contributed by atoms with Crippen LogP contribution in [0.15, 0.2) is 91.0 Å². The first-order valence-corrected chi connectivity index (χ1v) is 8.20. The van der Waals surface area contributed by atoms with Gasteiger partial charge in [-0.05, 0) is 12.1 Å². The van der Waals surface area contributed by atoms with E-state index in [0.29, 0.717) is 0 Å². The Balaban J connectivity index is 0. The third kappa shape index (κ3) is 13.6. The summed E-state index contributed by atoms with van der Waals surface area (Å²) in [6.07, 6.45) is 0. The van der Waals surface area contributed by atoms with E-state index in [2.05, 4.69) is 12.1 Å². The zero-order valence-electron chi connectivity index (χ0n) is 12.7. The Morgan fingerprint density at radius 1 is 0.583 bits per heavy atom. The van der Waals surface area contributed by atoms with Crippen molar-refractivity contribution >= 4 is 37.2 Å². The van der Waals surface area contributed by atoms with Crippen LogP contribution in [0.5, 0.6) is 0 Å². The van der Waals surface area contributed by atoms with Crippen LogP contribution in [0.4, 0.5) is 0 Å². The van der Waals surface area contributed by atoms with E-state index >= 15 is 0 Å². The van der Waals surface area contributed by atoms with Gasteiger partial charge in [0.2, 0.25) is 0 Å². The molecule has 6 heteroatoms.